The molecule has 1 aliphatic carbocycles. The van der Waals surface area contributed by atoms with Crippen molar-refractivity contribution in [2.24, 2.45) is 5.92 Å². The van der Waals surface area contributed by atoms with Crippen LogP contribution in [0.4, 0.5) is 11.4 Å². The van der Waals surface area contributed by atoms with Crippen LogP contribution in [0.25, 0.3) is 0 Å². The van der Waals surface area contributed by atoms with Gasteiger partial charge in [-0.3, -0.25) is 9.59 Å². The first kappa shape index (κ1) is 20.7. The number of carbonyl (C=O) groups is 2. The monoisotopic (exact) mass is 427 g/mol. The van der Waals surface area contributed by atoms with E-state index in [-0.39, 0.29) is 17.7 Å². The van der Waals surface area contributed by atoms with E-state index >= 15 is 0 Å². The van der Waals surface area contributed by atoms with Crippen LogP contribution in [-0.4, -0.2) is 38.1 Å². The molecule has 2 N–H and O–H groups in total. The second-order valence-corrected chi connectivity index (χ2v) is 8.20. The maximum atomic E-state index is 13.0. The van der Waals surface area contributed by atoms with Crippen molar-refractivity contribution >= 4 is 34.8 Å². The summed E-state index contributed by atoms with van der Waals surface area (Å²) in [5.41, 5.74) is 3.06. The topological polar surface area (TPSA) is 70.7 Å². The van der Waals surface area contributed by atoms with Gasteiger partial charge in [-0.1, -0.05) is 30.2 Å². The van der Waals surface area contributed by atoms with Crippen molar-refractivity contribution in [3.05, 3.63) is 58.6 Å². The summed E-state index contributed by atoms with van der Waals surface area (Å²) in [4.78, 5) is 27.5. The van der Waals surface area contributed by atoms with Crippen LogP contribution in [0.5, 0.6) is 0 Å². The maximum absolute atomic E-state index is 13.0. The molecule has 0 atom stereocenters. The molecule has 6 nitrogen and oxygen atoms in total. The number of hydrogen-bond donors (Lipinski definition) is 2. The van der Waals surface area contributed by atoms with E-state index in [0.717, 1.165) is 36.2 Å². The average molecular weight is 428 g/mol. The molecular formula is C23H26ClN3O3. The van der Waals surface area contributed by atoms with E-state index in [1.165, 1.54) is 0 Å². The van der Waals surface area contributed by atoms with Crippen LogP contribution >= 0.6 is 11.6 Å². The van der Waals surface area contributed by atoms with Gasteiger partial charge in [-0.05, 0) is 48.7 Å². The molecule has 1 heterocycles. The third-order valence-electron chi connectivity index (χ3n) is 5.68. The minimum absolute atomic E-state index is 0.0623. The molecule has 2 aliphatic rings. The van der Waals surface area contributed by atoms with Crippen LogP contribution < -0.4 is 15.5 Å². The number of nitrogens with zero attached hydrogens (tertiary/aromatic N) is 1. The number of nitrogens with one attached hydrogen (secondary N) is 2. The average Bonchev–Trinajstić information content (AvgIpc) is 2.71. The number of ether oxygens (including phenoxy) is 1. The fraction of sp³-hybridized carbons (Fsp3) is 0.391. The van der Waals surface area contributed by atoms with Gasteiger partial charge in [-0.15, -0.1) is 0 Å². The van der Waals surface area contributed by atoms with Gasteiger partial charge in [-0.2, -0.15) is 0 Å². The molecule has 0 aromatic heterocycles. The Balaban J connectivity index is 1.52. The van der Waals surface area contributed by atoms with E-state index in [1.807, 2.05) is 24.3 Å². The van der Waals surface area contributed by atoms with Gasteiger partial charge in [0.25, 0.3) is 5.91 Å². The van der Waals surface area contributed by atoms with Gasteiger partial charge in [0.2, 0.25) is 5.91 Å². The molecule has 1 saturated heterocycles. The molecule has 7 heteroatoms. The third kappa shape index (κ3) is 4.94. The van der Waals surface area contributed by atoms with Crippen LogP contribution in [-0.2, 0) is 16.1 Å². The zero-order chi connectivity index (χ0) is 20.9. The fourth-order valence-electron chi connectivity index (χ4n) is 3.71. The zero-order valence-electron chi connectivity index (χ0n) is 16.8. The lowest BCUT2D eigenvalue weighted by Gasteiger charge is -2.31. The Morgan fingerprint density at radius 1 is 1.10 bits per heavy atom. The molecule has 0 unspecified atom stereocenters. The summed E-state index contributed by atoms with van der Waals surface area (Å²) in [6.07, 6.45) is 3.02. The molecule has 2 aromatic rings. The molecule has 30 heavy (non-hydrogen) atoms. The Bertz CT molecular complexity index is 924. The van der Waals surface area contributed by atoms with Crippen molar-refractivity contribution in [2.45, 2.75) is 25.8 Å². The molecular weight excluding hydrogens is 402 g/mol. The number of carbonyl (C=O) groups excluding carboxylic acids is 2. The van der Waals surface area contributed by atoms with E-state index in [4.69, 9.17) is 16.3 Å². The molecule has 1 aliphatic heterocycles. The SMILES string of the molecule is O=C(NCc1cccc(Cl)c1)c1ccc(NC(=O)C2CCC2)cc1N1CCOCC1. The van der Waals surface area contributed by atoms with Crippen LogP contribution in [0.15, 0.2) is 42.5 Å². The first-order valence-corrected chi connectivity index (χ1v) is 10.8. The summed E-state index contributed by atoms with van der Waals surface area (Å²) in [5.74, 6) is 0.0122. The third-order valence-corrected chi connectivity index (χ3v) is 5.91. The number of amides is 2. The largest absolute Gasteiger partial charge is 0.378 e. The second-order valence-electron chi connectivity index (χ2n) is 7.76. The maximum Gasteiger partial charge on any atom is 0.253 e. The minimum Gasteiger partial charge on any atom is -0.378 e. The molecule has 0 bridgehead atoms. The molecule has 158 valence electrons. The van der Waals surface area contributed by atoms with Gasteiger partial charge in [0, 0.05) is 36.3 Å². The van der Waals surface area contributed by atoms with E-state index in [1.54, 1.807) is 18.2 Å². The van der Waals surface area contributed by atoms with Crippen LogP contribution in [0.2, 0.25) is 5.02 Å². The Morgan fingerprint density at radius 3 is 2.60 bits per heavy atom. The first-order valence-electron chi connectivity index (χ1n) is 10.4. The minimum atomic E-state index is -0.159. The van der Waals surface area contributed by atoms with Gasteiger partial charge in [-0.25, -0.2) is 0 Å². The number of hydrogen-bond acceptors (Lipinski definition) is 4. The van der Waals surface area contributed by atoms with Crippen molar-refractivity contribution in [1.29, 1.82) is 0 Å². The standard InChI is InChI=1S/C23H26ClN3O3/c24-18-6-1-3-16(13-18)15-25-23(29)20-8-7-19(26-22(28)17-4-2-5-17)14-21(20)27-9-11-30-12-10-27/h1,3,6-8,13-14,17H,2,4-5,9-12,15H2,(H,25,29)(H,26,28). The smallest absolute Gasteiger partial charge is 0.253 e. The predicted molar refractivity (Wildman–Crippen MR) is 118 cm³/mol. The van der Waals surface area contributed by atoms with Gasteiger partial charge >= 0.3 is 0 Å². The highest BCUT2D eigenvalue weighted by molar-refractivity contribution is 6.30. The summed E-state index contributed by atoms with van der Waals surface area (Å²) >= 11 is 6.03. The summed E-state index contributed by atoms with van der Waals surface area (Å²) in [6, 6.07) is 12.9. The van der Waals surface area contributed by atoms with E-state index in [9.17, 15) is 9.59 Å². The summed E-state index contributed by atoms with van der Waals surface area (Å²) in [7, 11) is 0. The predicted octanol–water partition coefficient (Wildman–Crippen LogP) is 3.85. The number of benzene rings is 2. The number of anilines is 2. The lowest BCUT2D eigenvalue weighted by atomic mass is 9.85. The number of halogens is 1. The highest BCUT2D eigenvalue weighted by Crippen LogP contribution is 2.30. The second kappa shape index (κ2) is 9.49. The Morgan fingerprint density at radius 2 is 1.90 bits per heavy atom. The molecule has 1 saturated carbocycles. The van der Waals surface area contributed by atoms with Gasteiger partial charge in [0.15, 0.2) is 0 Å². The quantitative estimate of drug-likeness (QED) is 0.734. The Kier molecular flexibility index (Phi) is 6.55. The highest BCUT2D eigenvalue weighted by Gasteiger charge is 2.26. The molecule has 0 radical (unpaired) electrons. The zero-order valence-corrected chi connectivity index (χ0v) is 17.6. The molecule has 2 amide bonds. The highest BCUT2D eigenvalue weighted by atomic mass is 35.5. The lowest BCUT2D eigenvalue weighted by Crippen LogP contribution is -2.38. The summed E-state index contributed by atoms with van der Waals surface area (Å²) in [6.45, 7) is 3.02. The molecule has 4 rings (SSSR count). The van der Waals surface area contributed by atoms with Crippen molar-refractivity contribution < 1.29 is 14.3 Å². The number of rotatable bonds is 6. The van der Waals surface area contributed by atoms with Crippen molar-refractivity contribution in [1.82, 2.24) is 5.32 Å². The van der Waals surface area contributed by atoms with Crippen molar-refractivity contribution in [2.75, 3.05) is 36.5 Å². The molecule has 2 aromatic carbocycles. The van der Waals surface area contributed by atoms with Gasteiger partial charge < -0.3 is 20.3 Å². The van der Waals surface area contributed by atoms with Gasteiger partial charge in [0.1, 0.15) is 0 Å². The Hall–Kier alpha value is -2.57. The lowest BCUT2D eigenvalue weighted by molar-refractivity contribution is -0.122. The van der Waals surface area contributed by atoms with Crippen molar-refractivity contribution in [3.8, 4) is 0 Å². The van der Waals surface area contributed by atoms with Crippen LogP contribution in [0.3, 0.4) is 0 Å². The van der Waals surface area contributed by atoms with E-state index < -0.39 is 0 Å². The summed E-state index contributed by atoms with van der Waals surface area (Å²) in [5, 5.41) is 6.63. The Labute approximate surface area is 181 Å². The fourth-order valence-corrected chi connectivity index (χ4v) is 3.92. The summed E-state index contributed by atoms with van der Waals surface area (Å²) < 4.78 is 5.46. The van der Waals surface area contributed by atoms with Crippen LogP contribution in [0, 0.1) is 5.92 Å². The van der Waals surface area contributed by atoms with Crippen LogP contribution in [0.1, 0.15) is 35.2 Å². The van der Waals surface area contributed by atoms with E-state index in [2.05, 4.69) is 15.5 Å². The normalized spacial score (nSPS) is 16.6. The molecule has 0 spiro atoms. The molecule has 2 fully saturated rings. The van der Waals surface area contributed by atoms with E-state index in [0.29, 0.717) is 43.4 Å². The number of morpholine rings is 1. The van der Waals surface area contributed by atoms with Crippen molar-refractivity contribution in [3.63, 3.8) is 0 Å². The van der Waals surface area contributed by atoms with Gasteiger partial charge in [0.05, 0.1) is 24.5 Å². The first-order chi connectivity index (χ1) is 14.6.